The van der Waals surface area contributed by atoms with Gasteiger partial charge in [-0.05, 0) is 0 Å². The van der Waals surface area contributed by atoms with Gasteiger partial charge >= 0.3 is 5.97 Å². The number of esters is 1. The van der Waals surface area contributed by atoms with Gasteiger partial charge in [0, 0.05) is 20.0 Å². The Morgan fingerprint density at radius 2 is 2.30 bits per heavy atom. The monoisotopic (exact) mass is 147 g/mol. The fourth-order valence-corrected chi connectivity index (χ4v) is 0.471. The van der Waals surface area contributed by atoms with Crippen molar-refractivity contribution in [2.75, 3.05) is 26.3 Å². The van der Waals surface area contributed by atoms with Crippen LogP contribution in [-0.2, 0) is 9.53 Å². The van der Waals surface area contributed by atoms with E-state index in [4.69, 9.17) is 5.11 Å². The first-order valence-electron chi connectivity index (χ1n) is 3.22. The molecule has 0 saturated carbocycles. The van der Waals surface area contributed by atoms with Crippen molar-refractivity contribution < 1.29 is 14.6 Å². The first-order valence-corrected chi connectivity index (χ1v) is 3.22. The molecular formula is C6H13NO3. The molecule has 4 heteroatoms. The normalized spacial score (nSPS) is 9.40. The topological polar surface area (TPSA) is 58.6 Å². The predicted octanol–water partition coefficient (Wildman–Crippen LogP) is -0.869. The summed E-state index contributed by atoms with van der Waals surface area (Å²) in [7, 11) is 0. The standard InChI is InChI=1S/C6H13NO3/c1-6(9)10-5-3-7-2-4-8/h7-8H,2-5H2,1H3. The Bertz CT molecular complexity index is 95.0. The van der Waals surface area contributed by atoms with E-state index >= 15 is 0 Å². The van der Waals surface area contributed by atoms with Crippen molar-refractivity contribution in [1.82, 2.24) is 5.32 Å². The van der Waals surface area contributed by atoms with Crippen LogP contribution < -0.4 is 5.32 Å². The third-order valence-corrected chi connectivity index (χ3v) is 0.873. The van der Waals surface area contributed by atoms with Crippen molar-refractivity contribution in [3.05, 3.63) is 0 Å². The van der Waals surface area contributed by atoms with Crippen LogP contribution in [-0.4, -0.2) is 37.4 Å². The van der Waals surface area contributed by atoms with Crippen LogP contribution in [0.3, 0.4) is 0 Å². The van der Waals surface area contributed by atoms with E-state index in [1.54, 1.807) is 0 Å². The molecule has 0 aliphatic carbocycles. The predicted molar refractivity (Wildman–Crippen MR) is 36.6 cm³/mol. The molecule has 0 aromatic heterocycles. The fourth-order valence-electron chi connectivity index (χ4n) is 0.471. The SMILES string of the molecule is CC(=O)OCCNCCO. The highest BCUT2D eigenvalue weighted by atomic mass is 16.5. The molecule has 0 fully saturated rings. The first-order chi connectivity index (χ1) is 4.77. The second-order valence-corrected chi connectivity index (χ2v) is 1.81. The Morgan fingerprint density at radius 1 is 1.60 bits per heavy atom. The number of hydrogen-bond acceptors (Lipinski definition) is 4. The highest BCUT2D eigenvalue weighted by molar-refractivity contribution is 5.65. The van der Waals surface area contributed by atoms with Gasteiger partial charge in [-0.3, -0.25) is 4.79 Å². The molecule has 0 radical (unpaired) electrons. The minimum absolute atomic E-state index is 0.111. The summed E-state index contributed by atoms with van der Waals surface area (Å²) < 4.78 is 4.61. The Hall–Kier alpha value is -0.610. The van der Waals surface area contributed by atoms with Crippen molar-refractivity contribution in [3.63, 3.8) is 0 Å². The largest absolute Gasteiger partial charge is 0.465 e. The number of aliphatic hydroxyl groups is 1. The Morgan fingerprint density at radius 3 is 2.80 bits per heavy atom. The van der Waals surface area contributed by atoms with Gasteiger partial charge in [-0.2, -0.15) is 0 Å². The number of carbonyl (C=O) groups excluding carboxylic acids is 1. The van der Waals surface area contributed by atoms with Gasteiger partial charge in [0.2, 0.25) is 0 Å². The number of ether oxygens (including phenoxy) is 1. The van der Waals surface area contributed by atoms with Gasteiger partial charge in [-0.25, -0.2) is 0 Å². The second kappa shape index (κ2) is 6.51. The van der Waals surface area contributed by atoms with E-state index < -0.39 is 0 Å². The lowest BCUT2D eigenvalue weighted by Crippen LogP contribution is -2.23. The molecule has 60 valence electrons. The number of aliphatic hydroxyl groups excluding tert-OH is 1. The molecule has 0 aliphatic heterocycles. The van der Waals surface area contributed by atoms with Crippen molar-refractivity contribution in [3.8, 4) is 0 Å². The second-order valence-electron chi connectivity index (χ2n) is 1.81. The summed E-state index contributed by atoms with van der Waals surface area (Å²) in [6, 6.07) is 0. The van der Waals surface area contributed by atoms with Crippen LogP contribution in [0.25, 0.3) is 0 Å². The molecule has 0 unspecified atom stereocenters. The van der Waals surface area contributed by atoms with Crippen LogP contribution in [0.2, 0.25) is 0 Å². The van der Waals surface area contributed by atoms with Gasteiger partial charge in [0.15, 0.2) is 0 Å². The van der Waals surface area contributed by atoms with Crippen molar-refractivity contribution in [1.29, 1.82) is 0 Å². The number of rotatable bonds is 5. The quantitative estimate of drug-likeness (QED) is 0.392. The van der Waals surface area contributed by atoms with E-state index in [1.807, 2.05) is 0 Å². The number of carbonyl (C=O) groups is 1. The third kappa shape index (κ3) is 7.39. The smallest absolute Gasteiger partial charge is 0.302 e. The average Bonchev–Trinajstić information content (AvgIpc) is 1.87. The molecule has 0 spiro atoms. The summed E-state index contributed by atoms with van der Waals surface area (Å²) in [5.41, 5.74) is 0. The van der Waals surface area contributed by atoms with Crippen molar-refractivity contribution in [2.24, 2.45) is 0 Å². The van der Waals surface area contributed by atoms with Gasteiger partial charge < -0.3 is 15.2 Å². The average molecular weight is 147 g/mol. The fraction of sp³-hybridized carbons (Fsp3) is 0.833. The minimum atomic E-state index is -0.272. The maximum atomic E-state index is 10.2. The van der Waals surface area contributed by atoms with Crippen LogP contribution >= 0.6 is 0 Å². The first kappa shape index (κ1) is 9.39. The zero-order valence-electron chi connectivity index (χ0n) is 6.09. The molecule has 0 atom stereocenters. The summed E-state index contributed by atoms with van der Waals surface area (Å²) >= 11 is 0. The Labute approximate surface area is 60.2 Å². The van der Waals surface area contributed by atoms with E-state index in [-0.39, 0.29) is 12.6 Å². The molecule has 0 amide bonds. The molecule has 4 nitrogen and oxygen atoms in total. The van der Waals surface area contributed by atoms with Crippen LogP contribution in [0.4, 0.5) is 0 Å². The molecule has 2 N–H and O–H groups in total. The molecule has 0 bridgehead atoms. The number of nitrogens with one attached hydrogen (secondary N) is 1. The lowest BCUT2D eigenvalue weighted by atomic mass is 10.6. The summed E-state index contributed by atoms with van der Waals surface area (Å²) in [4.78, 5) is 10.2. The molecule has 0 saturated heterocycles. The van der Waals surface area contributed by atoms with E-state index in [9.17, 15) is 4.79 Å². The molecule has 0 heterocycles. The van der Waals surface area contributed by atoms with E-state index in [2.05, 4.69) is 10.1 Å². The lowest BCUT2D eigenvalue weighted by molar-refractivity contribution is -0.140. The maximum Gasteiger partial charge on any atom is 0.302 e. The zero-order chi connectivity index (χ0) is 7.82. The number of hydrogen-bond donors (Lipinski definition) is 2. The molecule has 0 aromatic rings. The van der Waals surface area contributed by atoms with Crippen molar-refractivity contribution in [2.45, 2.75) is 6.92 Å². The summed E-state index contributed by atoms with van der Waals surface area (Å²) in [6.45, 7) is 2.99. The maximum absolute atomic E-state index is 10.2. The van der Waals surface area contributed by atoms with Crippen LogP contribution in [0.5, 0.6) is 0 Å². The lowest BCUT2D eigenvalue weighted by Gasteiger charge is -2.01. The third-order valence-electron chi connectivity index (χ3n) is 0.873. The summed E-state index contributed by atoms with van der Waals surface area (Å²) in [5.74, 6) is -0.272. The molecule has 0 rings (SSSR count). The van der Waals surface area contributed by atoms with Crippen LogP contribution in [0, 0.1) is 0 Å². The van der Waals surface area contributed by atoms with Crippen molar-refractivity contribution >= 4 is 5.97 Å². The highest BCUT2D eigenvalue weighted by Gasteiger charge is 1.90. The molecular weight excluding hydrogens is 134 g/mol. The summed E-state index contributed by atoms with van der Waals surface area (Å²) in [6.07, 6.45) is 0. The van der Waals surface area contributed by atoms with Gasteiger partial charge in [0.1, 0.15) is 6.61 Å². The Kier molecular flexibility index (Phi) is 6.11. The summed E-state index contributed by atoms with van der Waals surface area (Å²) in [5, 5.41) is 11.2. The van der Waals surface area contributed by atoms with Gasteiger partial charge in [-0.1, -0.05) is 0 Å². The van der Waals surface area contributed by atoms with Gasteiger partial charge in [0.25, 0.3) is 0 Å². The van der Waals surface area contributed by atoms with E-state index in [1.165, 1.54) is 6.92 Å². The zero-order valence-corrected chi connectivity index (χ0v) is 6.09. The van der Waals surface area contributed by atoms with Crippen LogP contribution in [0.15, 0.2) is 0 Å². The highest BCUT2D eigenvalue weighted by Crippen LogP contribution is 1.72. The molecule has 0 aromatic carbocycles. The Balaban J connectivity index is 2.84. The van der Waals surface area contributed by atoms with Gasteiger partial charge in [0.05, 0.1) is 6.61 Å². The van der Waals surface area contributed by atoms with Crippen LogP contribution in [0.1, 0.15) is 6.92 Å². The molecule has 0 aliphatic rings. The van der Waals surface area contributed by atoms with E-state index in [0.717, 1.165) is 0 Å². The van der Waals surface area contributed by atoms with Gasteiger partial charge in [-0.15, -0.1) is 0 Å². The minimum Gasteiger partial charge on any atom is -0.465 e. The van der Waals surface area contributed by atoms with E-state index in [0.29, 0.717) is 19.7 Å². The molecule has 10 heavy (non-hydrogen) atoms.